The van der Waals surface area contributed by atoms with Crippen LogP contribution in [0, 0.1) is 0 Å². The van der Waals surface area contributed by atoms with Gasteiger partial charge in [-0.3, -0.25) is 4.90 Å². The van der Waals surface area contributed by atoms with E-state index in [-0.39, 0.29) is 5.41 Å². The first-order valence-electron chi connectivity index (χ1n) is 15.5. The number of hydrogen-bond donors (Lipinski definition) is 0. The minimum atomic E-state index is -0.291. The van der Waals surface area contributed by atoms with Gasteiger partial charge in [-0.2, -0.15) is 0 Å². The molecule has 6 heteroatoms. The molecular weight excluding hydrogens is 568 g/mol. The fourth-order valence-corrected chi connectivity index (χ4v) is 7.05. The summed E-state index contributed by atoms with van der Waals surface area (Å²) in [6, 6.07) is 41.3. The highest BCUT2D eigenvalue weighted by atomic mass is 16.5. The van der Waals surface area contributed by atoms with Gasteiger partial charge < -0.3 is 13.7 Å². The monoisotopic (exact) mass is 598 g/mol. The summed E-state index contributed by atoms with van der Waals surface area (Å²) in [6.45, 7) is 4.57. The number of aromatic nitrogens is 3. The maximum absolute atomic E-state index is 6.60. The predicted octanol–water partition coefficient (Wildman–Crippen LogP) is 10.4. The van der Waals surface area contributed by atoms with Crippen LogP contribution in [0.5, 0.6) is 11.5 Å². The van der Waals surface area contributed by atoms with Crippen LogP contribution >= 0.6 is 0 Å². The molecule has 0 spiro atoms. The zero-order chi connectivity index (χ0) is 31.0. The number of hydrogen-bond acceptors (Lipinski definition) is 5. The van der Waals surface area contributed by atoms with Gasteiger partial charge in [0.15, 0.2) is 0 Å². The van der Waals surface area contributed by atoms with E-state index in [1.165, 1.54) is 11.1 Å². The van der Waals surface area contributed by atoms with Crippen molar-refractivity contribution in [2.45, 2.75) is 19.3 Å². The van der Waals surface area contributed by atoms with Crippen molar-refractivity contribution >= 4 is 50.2 Å². The van der Waals surface area contributed by atoms with Gasteiger partial charge in [0, 0.05) is 35.7 Å². The summed E-state index contributed by atoms with van der Waals surface area (Å²) in [5, 5.41) is 2.17. The zero-order valence-electron chi connectivity index (χ0n) is 25.7. The van der Waals surface area contributed by atoms with Gasteiger partial charge in [-0.25, -0.2) is 9.97 Å². The average Bonchev–Trinajstić information content (AvgIpc) is 3.63. The Kier molecular flexibility index (Phi) is 5.66. The first-order valence-corrected chi connectivity index (χ1v) is 15.5. The van der Waals surface area contributed by atoms with Crippen molar-refractivity contribution in [2.75, 3.05) is 4.90 Å². The van der Waals surface area contributed by atoms with E-state index < -0.39 is 0 Å². The lowest BCUT2D eigenvalue weighted by Gasteiger charge is -2.42. The van der Waals surface area contributed by atoms with Gasteiger partial charge in [0.2, 0.25) is 0 Å². The maximum Gasteiger partial charge on any atom is 0.140 e. The summed E-state index contributed by atoms with van der Waals surface area (Å²) >= 11 is 0. The molecule has 3 aromatic heterocycles. The highest BCUT2D eigenvalue weighted by Gasteiger charge is 2.39. The molecule has 9 rings (SSSR count). The van der Waals surface area contributed by atoms with E-state index in [1.807, 2.05) is 67.8 Å². The molecule has 0 unspecified atom stereocenters. The Bertz CT molecular complexity index is 2460. The number of fused-ring (bicyclic) bond motifs is 7. The van der Waals surface area contributed by atoms with Crippen LogP contribution in [0.1, 0.15) is 25.0 Å². The molecule has 0 N–H and O–H groups in total. The Morgan fingerprint density at radius 1 is 0.717 bits per heavy atom. The first-order chi connectivity index (χ1) is 22.5. The van der Waals surface area contributed by atoms with Crippen molar-refractivity contribution in [3.63, 3.8) is 0 Å². The number of imidazole rings is 1. The molecule has 0 saturated carbocycles. The van der Waals surface area contributed by atoms with Crippen LogP contribution in [-0.2, 0) is 12.5 Å². The Balaban J connectivity index is 1.20. The molecule has 0 aliphatic carbocycles. The van der Waals surface area contributed by atoms with E-state index in [0.717, 1.165) is 73.1 Å². The molecule has 5 aromatic carbocycles. The molecule has 46 heavy (non-hydrogen) atoms. The van der Waals surface area contributed by atoms with Gasteiger partial charge in [-0.05, 0) is 65.7 Å². The number of furan rings is 1. The largest absolute Gasteiger partial charge is 0.457 e. The quantitative estimate of drug-likeness (QED) is 0.202. The average molecular weight is 599 g/mol. The Labute approximate surface area is 266 Å². The molecule has 0 bridgehead atoms. The summed E-state index contributed by atoms with van der Waals surface area (Å²) in [7, 11) is 2.05. The molecule has 222 valence electrons. The highest BCUT2D eigenvalue weighted by Crippen LogP contribution is 2.55. The molecule has 0 saturated heterocycles. The van der Waals surface area contributed by atoms with Crippen molar-refractivity contribution in [3.05, 3.63) is 139 Å². The summed E-state index contributed by atoms with van der Waals surface area (Å²) in [4.78, 5) is 12.0. The number of nitrogens with zero attached hydrogens (tertiary/aromatic N) is 4. The SMILES string of the molecule is Cn1c(-c2cccc(Oc3ccc4c(c3)N(c3ccccn3)c3c(ccc5oc6ccccc6c35)C4(C)C)c2)nc2ccccc21. The number of pyridine rings is 1. The smallest absolute Gasteiger partial charge is 0.140 e. The van der Waals surface area contributed by atoms with Crippen LogP contribution in [0.4, 0.5) is 17.2 Å². The normalized spacial score (nSPS) is 13.7. The van der Waals surface area contributed by atoms with E-state index >= 15 is 0 Å². The topological polar surface area (TPSA) is 56.3 Å². The van der Waals surface area contributed by atoms with Crippen LogP contribution in [0.15, 0.2) is 132 Å². The van der Waals surface area contributed by atoms with E-state index in [2.05, 4.69) is 90.0 Å². The predicted molar refractivity (Wildman–Crippen MR) is 185 cm³/mol. The third-order valence-corrected chi connectivity index (χ3v) is 9.29. The van der Waals surface area contributed by atoms with Crippen molar-refractivity contribution < 1.29 is 9.15 Å². The summed E-state index contributed by atoms with van der Waals surface area (Å²) < 4.78 is 15.1. The van der Waals surface area contributed by atoms with E-state index in [0.29, 0.717) is 0 Å². The third kappa shape index (κ3) is 3.90. The highest BCUT2D eigenvalue weighted by molar-refractivity contribution is 6.15. The molecule has 8 aromatic rings. The second-order valence-corrected chi connectivity index (χ2v) is 12.4. The van der Waals surface area contributed by atoms with Crippen LogP contribution in [0.3, 0.4) is 0 Å². The van der Waals surface area contributed by atoms with Crippen LogP contribution in [-0.4, -0.2) is 14.5 Å². The van der Waals surface area contributed by atoms with E-state index in [9.17, 15) is 0 Å². The lowest BCUT2D eigenvalue weighted by atomic mass is 9.73. The first kappa shape index (κ1) is 26.5. The van der Waals surface area contributed by atoms with E-state index in [4.69, 9.17) is 19.1 Å². The number of para-hydroxylation sites is 3. The molecule has 6 nitrogen and oxygen atoms in total. The molecular formula is C40H30N4O2. The lowest BCUT2D eigenvalue weighted by Crippen LogP contribution is -2.31. The number of anilines is 3. The standard InChI is InChI=1S/C40H30N4O2/c1-40(2)29-19-18-27(45-26-12-10-11-25(23-26)39-42-31-14-5-6-15-32(31)43(39)3)24-33(29)44(36-17-8-9-22-41-36)38-30(40)20-21-35-37(38)28-13-4-7-16-34(28)46-35/h4-24H,1-3H3. The molecule has 4 heterocycles. The van der Waals surface area contributed by atoms with Crippen LogP contribution in [0.2, 0.25) is 0 Å². The Morgan fingerprint density at radius 3 is 2.39 bits per heavy atom. The van der Waals surface area contributed by atoms with Crippen molar-refractivity contribution in [2.24, 2.45) is 7.05 Å². The third-order valence-electron chi connectivity index (χ3n) is 9.29. The number of aryl methyl sites for hydroxylation is 1. The number of ether oxygens (including phenoxy) is 1. The maximum atomic E-state index is 6.60. The van der Waals surface area contributed by atoms with Crippen molar-refractivity contribution in [3.8, 4) is 22.9 Å². The Hall–Kier alpha value is -5.88. The lowest BCUT2D eigenvalue weighted by molar-refractivity contribution is 0.482. The second kappa shape index (κ2) is 9.81. The molecule has 1 aliphatic rings. The summed E-state index contributed by atoms with van der Waals surface area (Å²) in [5.74, 6) is 3.21. The fourth-order valence-electron chi connectivity index (χ4n) is 7.05. The molecule has 1 aliphatic heterocycles. The minimum absolute atomic E-state index is 0.291. The Morgan fingerprint density at radius 2 is 1.52 bits per heavy atom. The summed E-state index contributed by atoms with van der Waals surface area (Å²) in [6.07, 6.45) is 1.84. The van der Waals surface area contributed by atoms with Crippen LogP contribution < -0.4 is 9.64 Å². The second-order valence-electron chi connectivity index (χ2n) is 12.4. The van der Waals surface area contributed by atoms with Crippen LogP contribution in [0.25, 0.3) is 44.4 Å². The van der Waals surface area contributed by atoms with Gasteiger partial charge >= 0.3 is 0 Å². The molecule has 0 amide bonds. The number of rotatable bonds is 4. The van der Waals surface area contributed by atoms with E-state index in [1.54, 1.807) is 0 Å². The number of benzene rings is 5. The van der Waals surface area contributed by atoms with Crippen molar-refractivity contribution in [1.29, 1.82) is 0 Å². The molecule has 0 radical (unpaired) electrons. The van der Waals surface area contributed by atoms with Gasteiger partial charge in [0.05, 0.1) is 27.8 Å². The fraction of sp³-hybridized carbons (Fsp3) is 0.100. The van der Waals surface area contributed by atoms with Gasteiger partial charge in [0.25, 0.3) is 0 Å². The minimum Gasteiger partial charge on any atom is -0.457 e. The zero-order valence-corrected chi connectivity index (χ0v) is 25.7. The molecule has 0 fully saturated rings. The van der Waals surface area contributed by atoms with Gasteiger partial charge in [0.1, 0.15) is 34.3 Å². The van der Waals surface area contributed by atoms with Gasteiger partial charge in [-0.15, -0.1) is 0 Å². The molecule has 0 atom stereocenters. The summed E-state index contributed by atoms with van der Waals surface area (Å²) in [5.41, 5.74) is 9.01. The van der Waals surface area contributed by atoms with Gasteiger partial charge in [-0.1, -0.05) is 74.5 Å². The van der Waals surface area contributed by atoms with Crippen molar-refractivity contribution in [1.82, 2.24) is 14.5 Å².